The van der Waals surface area contributed by atoms with Crippen LogP contribution in [-0.2, 0) is 0 Å². The van der Waals surface area contributed by atoms with Crippen LogP contribution in [-0.4, -0.2) is 35.6 Å². The first kappa shape index (κ1) is 15.3. The third-order valence-electron chi connectivity index (χ3n) is 4.33. The summed E-state index contributed by atoms with van der Waals surface area (Å²) in [5.41, 5.74) is 2.71. The number of nitrogens with zero attached hydrogens (tertiary/aromatic N) is 7. The zero-order chi connectivity index (χ0) is 18.2. The number of rotatable bonds is 5. The summed E-state index contributed by atoms with van der Waals surface area (Å²) in [4.78, 5) is 4.57. The summed E-state index contributed by atoms with van der Waals surface area (Å²) in [6, 6.07) is 12.3. The molecule has 1 aromatic carbocycles. The van der Waals surface area contributed by atoms with Crippen LogP contribution in [0.15, 0.2) is 48.9 Å². The van der Waals surface area contributed by atoms with E-state index in [-0.39, 0.29) is 0 Å². The number of hydrogen-bond donors (Lipinski definition) is 2. The van der Waals surface area contributed by atoms with Gasteiger partial charge in [0.25, 0.3) is 0 Å². The molecule has 9 heteroatoms. The molecule has 1 fully saturated rings. The molecule has 1 saturated carbocycles. The van der Waals surface area contributed by atoms with Crippen LogP contribution in [0.3, 0.4) is 0 Å². The molecule has 0 unspecified atom stereocenters. The zero-order valence-corrected chi connectivity index (χ0v) is 14.2. The Balaban J connectivity index is 1.53. The molecule has 27 heavy (non-hydrogen) atoms. The van der Waals surface area contributed by atoms with Crippen molar-refractivity contribution in [1.29, 1.82) is 5.26 Å². The average Bonchev–Trinajstić information content (AvgIpc) is 3.18. The van der Waals surface area contributed by atoms with Crippen LogP contribution in [0.4, 0.5) is 17.3 Å². The van der Waals surface area contributed by atoms with Gasteiger partial charge in [-0.05, 0) is 31.0 Å². The van der Waals surface area contributed by atoms with Crippen molar-refractivity contribution < 1.29 is 0 Å². The highest BCUT2D eigenvalue weighted by molar-refractivity contribution is 5.68. The number of hydrogen-bond acceptors (Lipinski definition) is 7. The smallest absolute Gasteiger partial charge is 0.177 e. The maximum atomic E-state index is 9.33. The summed E-state index contributed by atoms with van der Waals surface area (Å²) >= 11 is 0. The number of aromatic nitrogens is 6. The van der Waals surface area contributed by atoms with Gasteiger partial charge in [0.05, 0.1) is 24.3 Å². The lowest BCUT2D eigenvalue weighted by Gasteiger charge is -2.12. The highest BCUT2D eigenvalue weighted by atomic mass is 15.4. The van der Waals surface area contributed by atoms with Crippen molar-refractivity contribution in [3.63, 3.8) is 0 Å². The number of nitriles is 1. The first-order valence-corrected chi connectivity index (χ1v) is 8.59. The molecule has 5 rings (SSSR count). The van der Waals surface area contributed by atoms with E-state index in [9.17, 15) is 5.26 Å². The third-order valence-corrected chi connectivity index (χ3v) is 4.33. The maximum absolute atomic E-state index is 9.33. The van der Waals surface area contributed by atoms with Crippen molar-refractivity contribution in [3.05, 3.63) is 54.5 Å². The standard InChI is InChI=1S/C18H15N9/c19-10-12-11-21-27-17(23-13-4-5-13)9-16(24-18(12)27)22-14-2-1-3-15(8-14)26-7-6-20-25-26/h1-3,6-9,11,13,23H,4-5H2,(H,22,24). The number of anilines is 3. The van der Waals surface area contributed by atoms with Gasteiger partial charge < -0.3 is 10.6 Å². The number of benzene rings is 1. The van der Waals surface area contributed by atoms with Gasteiger partial charge in [0.2, 0.25) is 0 Å². The summed E-state index contributed by atoms with van der Waals surface area (Å²) in [6.07, 6.45) is 7.23. The average molecular weight is 357 g/mol. The fourth-order valence-corrected chi connectivity index (χ4v) is 2.87. The van der Waals surface area contributed by atoms with E-state index in [1.165, 1.54) is 6.20 Å². The van der Waals surface area contributed by atoms with Crippen LogP contribution in [0.1, 0.15) is 18.4 Å². The Kier molecular flexibility index (Phi) is 3.47. The van der Waals surface area contributed by atoms with Crippen LogP contribution >= 0.6 is 0 Å². The second-order valence-corrected chi connectivity index (χ2v) is 6.37. The highest BCUT2D eigenvalue weighted by Gasteiger charge is 2.23. The van der Waals surface area contributed by atoms with Crippen molar-refractivity contribution in [2.45, 2.75) is 18.9 Å². The highest BCUT2D eigenvalue weighted by Crippen LogP contribution is 2.28. The van der Waals surface area contributed by atoms with Crippen LogP contribution < -0.4 is 10.6 Å². The summed E-state index contributed by atoms with van der Waals surface area (Å²) in [5.74, 6) is 1.46. The lowest BCUT2D eigenvalue weighted by molar-refractivity contribution is 0.803. The van der Waals surface area contributed by atoms with Gasteiger partial charge in [-0.3, -0.25) is 0 Å². The molecule has 3 aromatic heterocycles. The number of fused-ring (bicyclic) bond motifs is 1. The predicted octanol–water partition coefficient (Wildman–Crippen LogP) is 2.50. The molecule has 0 saturated heterocycles. The lowest BCUT2D eigenvalue weighted by Crippen LogP contribution is -2.09. The molecular formula is C18H15N9. The van der Waals surface area contributed by atoms with E-state index in [2.05, 4.69) is 37.1 Å². The molecular weight excluding hydrogens is 342 g/mol. The van der Waals surface area contributed by atoms with Gasteiger partial charge in [-0.15, -0.1) is 5.10 Å². The summed E-state index contributed by atoms with van der Waals surface area (Å²) < 4.78 is 3.36. The largest absolute Gasteiger partial charge is 0.367 e. The topological polar surface area (TPSA) is 109 Å². The Morgan fingerprint density at radius 1 is 1.22 bits per heavy atom. The van der Waals surface area contributed by atoms with E-state index in [1.807, 2.05) is 30.3 Å². The minimum absolute atomic E-state index is 0.439. The lowest BCUT2D eigenvalue weighted by atomic mass is 10.2. The minimum atomic E-state index is 0.439. The Morgan fingerprint density at radius 2 is 2.15 bits per heavy atom. The molecule has 1 aliphatic rings. The summed E-state index contributed by atoms with van der Waals surface area (Å²) in [7, 11) is 0. The van der Waals surface area contributed by atoms with Crippen molar-refractivity contribution in [2.24, 2.45) is 0 Å². The molecule has 4 aromatic rings. The Hall–Kier alpha value is -3.93. The van der Waals surface area contributed by atoms with Gasteiger partial charge in [-0.1, -0.05) is 11.3 Å². The van der Waals surface area contributed by atoms with Gasteiger partial charge in [0.1, 0.15) is 23.3 Å². The summed E-state index contributed by atoms with van der Waals surface area (Å²) in [5, 5.41) is 28.2. The molecule has 0 aliphatic heterocycles. The van der Waals surface area contributed by atoms with Crippen molar-refractivity contribution in [3.8, 4) is 11.8 Å². The first-order chi connectivity index (χ1) is 13.3. The Bertz CT molecular complexity index is 1150. The van der Waals surface area contributed by atoms with Gasteiger partial charge >= 0.3 is 0 Å². The molecule has 0 radical (unpaired) electrons. The van der Waals surface area contributed by atoms with E-state index < -0.39 is 0 Å². The van der Waals surface area contributed by atoms with Gasteiger partial charge in [-0.2, -0.15) is 14.9 Å². The van der Waals surface area contributed by atoms with E-state index in [4.69, 9.17) is 0 Å². The molecule has 1 aliphatic carbocycles. The second-order valence-electron chi connectivity index (χ2n) is 6.37. The van der Waals surface area contributed by atoms with E-state index in [1.54, 1.807) is 21.6 Å². The molecule has 2 N–H and O–H groups in total. The second kappa shape index (κ2) is 6.10. The fraction of sp³-hybridized carbons (Fsp3) is 0.167. The first-order valence-electron chi connectivity index (χ1n) is 8.59. The molecule has 0 amide bonds. The maximum Gasteiger partial charge on any atom is 0.177 e. The SMILES string of the molecule is N#Cc1cnn2c(NC3CC3)cc(Nc3cccc(-n4ccnn4)c3)nc12. The minimum Gasteiger partial charge on any atom is -0.367 e. The van der Waals surface area contributed by atoms with Gasteiger partial charge in [0, 0.05) is 17.8 Å². The molecule has 3 heterocycles. The van der Waals surface area contributed by atoms with E-state index in [0.717, 1.165) is 30.0 Å². The van der Waals surface area contributed by atoms with Crippen LogP contribution in [0.25, 0.3) is 11.3 Å². The third kappa shape index (κ3) is 2.93. The Labute approximate surface area is 154 Å². The van der Waals surface area contributed by atoms with Gasteiger partial charge in [-0.25, -0.2) is 9.67 Å². The molecule has 132 valence electrons. The van der Waals surface area contributed by atoms with Crippen LogP contribution in [0.2, 0.25) is 0 Å². The van der Waals surface area contributed by atoms with Gasteiger partial charge in [0.15, 0.2) is 5.65 Å². The molecule has 0 atom stereocenters. The van der Waals surface area contributed by atoms with Crippen LogP contribution in [0, 0.1) is 11.3 Å². The van der Waals surface area contributed by atoms with Crippen molar-refractivity contribution in [1.82, 2.24) is 29.6 Å². The molecule has 0 bridgehead atoms. The fourth-order valence-electron chi connectivity index (χ4n) is 2.87. The van der Waals surface area contributed by atoms with Crippen LogP contribution in [0.5, 0.6) is 0 Å². The predicted molar refractivity (Wildman–Crippen MR) is 99.0 cm³/mol. The quantitative estimate of drug-likeness (QED) is 0.565. The number of nitrogens with one attached hydrogen (secondary N) is 2. The van der Waals surface area contributed by atoms with E-state index in [0.29, 0.717) is 23.1 Å². The molecule has 0 spiro atoms. The summed E-state index contributed by atoms with van der Waals surface area (Å²) in [6.45, 7) is 0. The normalized spacial score (nSPS) is 13.4. The van der Waals surface area contributed by atoms with Crippen molar-refractivity contribution in [2.75, 3.05) is 10.6 Å². The Morgan fingerprint density at radius 3 is 2.93 bits per heavy atom. The molecule has 9 nitrogen and oxygen atoms in total. The monoisotopic (exact) mass is 357 g/mol. The van der Waals surface area contributed by atoms with E-state index >= 15 is 0 Å². The van der Waals surface area contributed by atoms with Crippen molar-refractivity contribution >= 4 is 23.0 Å². The zero-order valence-electron chi connectivity index (χ0n) is 14.2.